The van der Waals surface area contributed by atoms with E-state index in [0.29, 0.717) is 37.7 Å². The van der Waals surface area contributed by atoms with Gasteiger partial charge < -0.3 is 25.6 Å². The number of halogens is 1. The molecule has 1 atom stereocenters. The van der Waals surface area contributed by atoms with Crippen LogP contribution in [0.15, 0.2) is 11.0 Å². The predicted molar refractivity (Wildman–Crippen MR) is 118 cm³/mol. The number of anilines is 1. The summed E-state index contributed by atoms with van der Waals surface area (Å²) in [5.41, 5.74) is 0.110. The number of nitrogens with one attached hydrogen (secondary N) is 4. The Kier molecular flexibility index (Phi) is 8.00. The second-order valence-electron chi connectivity index (χ2n) is 8.53. The van der Waals surface area contributed by atoms with Crippen molar-refractivity contribution >= 4 is 29.4 Å². The van der Waals surface area contributed by atoms with Crippen molar-refractivity contribution in [2.24, 2.45) is 5.92 Å². The largest absolute Gasteiger partial charge is 0.444 e. The van der Waals surface area contributed by atoms with Gasteiger partial charge in [-0.1, -0.05) is 11.6 Å². The number of carbonyl (C=O) groups excluding carboxylic acids is 2. The molecule has 10 nitrogen and oxygen atoms in total. The molecule has 4 N–H and O–H groups in total. The van der Waals surface area contributed by atoms with E-state index in [1.807, 2.05) is 18.7 Å². The SMILES string of the molecule is CC(C)NC(=O)NCC1CCC(NC(=O)O[C@@H]2CCN(c3cn[nH]c(=O)c3Cl)C2)CC1. The zero-order valence-electron chi connectivity index (χ0n) is 17.9. The van der Waals surface area contributed by atoms with Crippen LogP contribution in [0.2, 0.25) is 5.02 Å². The zero-order chi connectivity index (χ0) is 22.4. The fourth-order valence-corrected chi connectivity index (χ4v) is 4.26. The highest BCUT2D eigenvalue weighted by Crippen LogP contribution is 2.26. The van der Waals surface area contributed by atoms with Crippen molar-refractivity contribution in [3.05, 3.63) is 21.6 Å². The average Bonchev–Trinajstić information content (AvgIpc) is 3.17. The van der Waals surface area contributed by atoms with Crippen LogP contribution in [-0.2, 0) is 4.74 Å². The molecule has 3 amide bonds. The predicted octanol–water partition coefficient (Wildman–Crippen LogP) is 1.99. The van der Waals surface area contributed by atoms with Crippen LogP contribution in [0.4, 0.5) is 15.3 Å². The fraction of sp³-hybridized carbons (Fsp3) is 0.700. The lowest BCUT2D eigenvalue weighted by molar-refractivity contribution is 0.102. The van der Waals surface area contributed by atoms with Gasteiger partial charge in [0.05, 0.1) is 18.4 Å². The first-order chi connectivity index (χ1) is 14.8. The summed E-state index contributed by atoms with van der Waals surface area (Å²) in [7, 11) is 0. The van der Waals surface area contributed by atoms with Gasteiger partial charge in [-0.25, -0.2) is 14.7 Å². The minimum atomic E-state index is -0.437. The number of rotatable bonds is 6. The molecule has 0 aromatic carbocycles. The average molecular weight is 455 g/mol. The Morgan fingerprint density at radius 1 is 1.29 bits per heavy atom. The van der Waals surface area contributed by atoms with Gasteiger partial charge in [0.2, 0.25) is 0 Å². The third-order valence-electron chi connectivity index (χ3n) is 5.68. The van der Waals surface area contributed by atoms with Crippen molar-refractivity contribution in [1.29, 1.82) is 0 Å². The maximum absolute atomic E-state index is 12.3. The molecule has 1 aliphatic heterocycles. The lowest BCUT2D eigenvalue weighted by Gasteiger charge is -2.29. The highest BCUT2D eigenvalue weighted by atomic mass is 35.5. The Balaban J connectivity index is 1.36. The number of urea groups is 1. The highest BCUT2D eigenvalue weighted by molar-refractivity contribution is 6.33. The van der Waals surface area contributed by atoms with Crippen LogP contribution >= 0.6 is 11.6 Å². The lowest BCUT2D eigenvalue weighted by Crippen LogP contribution is -2.44. The molecule has 11 heteroatoms. The fourth-order valence-electron chi connectivity index (χ4n) is 4.05. The van der Waals surface area contributed by atoms with Gasteiger partial charge in [0.15, 0.2) is 0 Å². The van der Waals surface area contributed by atoms with E-state index in [4.69, 9.17) is 16.3 Å². The molecule has 1 aliphatic carbocycles. The van der Waals surface area contributed by atoms with Crippen LogP contribution in [0.25, 0.3) is 0 Å². The Hall–Kier alpha value is -2.49. The smallest absolute Gasteiger partial charge is 0.407 e. The number of amides is 3. The van der Waals surface area contributed by atoms with Crippen LogP contribution in [0, 0.1) is 5.92 Å². The molecular weight excluding hydrogens is 424 g/mol. The first kappa shape index (κ1) is 23.2. The van der Waals surface area contributed by atoms with Crippen molar-refractivity contribution in [3.63, 3.8) is 0 Å². The van der Waals surface area contributed by atoms with Crippen LogP contribution in [-0.4, -0.2) is 60.1 Å². The van der Waals surface area contributed by atoms with Crippen LogP contribution in [0.1, 0.15) is 46.0 Å². The second-order valence-corrected chi connectivity index (χ2v) is 8.91. The number of ether oxygens (including phenoxy) is 1. The number of hydrogen-bond donors (Lipinski definition) is 4. The molecule has 31 heavy (non-hydrogen) atoms. The Morgan fingerprint density at radius 2 is 2.03 bits per heavy atom. The molecule has 1 aromatic rings. The highest BCUT2D eigenvalue weighted by Gasteiger charge is 2.29. The van der Waals surface area contributed by atoms with Crippen LogP contribution < -0.4 is 26.4 Å². The third kappa shape index (κ3) is 6.75. The van der Waals surface area contributed by atoms with Gasteiger partial charge >= 0.3 is 12.1 Å². The third-order valence-corrected chi connectivity index (χ3v) is 6.04. The standard InChI is InChI=1S/C20H31ClN6O4/c1-12(2)24-19(29)22-9-13-3-5-14(6-4-13)25-20(30)31-15-7-8-27(11-15)16-10-23-26-18(28)17(16)21/h10,12-15H,3-9,11H2,1-2H3,(H,25,30)(H,26,28)(H2,22,24,29)/t13?,14?,15-/m1/s1. The van der Waals surface area contributed by atoms with Crippen molar-refractivity contribution in [2.45, 2.75) is 64.1 Å². The first-order valence-corrected chi connectivity index (χ1v) is 11.2. The number of H-pyrrole nitrogens is 1. The molecule has 0 spiro atoms. The summed E-state index contributed by atoms with van der Waals surface area (Å²) < 4.78 is 5.57. The van der Waals surface area contributed by atoms with Crippen molar-refractivity contribution in [3.8, 4) is 0 Å². The van der Waals surface area contributed by atoms with E-state index in [9.17, 15) is 14.4 Å². The molecule has 0 unspecified atom stereocenters. The number of aromatic amines is 1. The summed E-state index contributed by atoms with van der Waals surface area (Å²) in [6.07, 6.45) is 5.08. The normalized spacial score (nSPS) is 23.5. The number of alkyl carbamates (subject to hydrolysis) is 1. The maximum Gasteiger partial charge on any atom is 0.407 e. The van der Waals surface area contributed by atoms with E-state index in [-0.39, 0.29) is 29.2 Å². The molecule has 2 heterocycles. The summed E-state index contributed by atoms with van der Waals surface area (Å²) in [4.78, 5) is 37.5. The van der Waals surface area contributed by atoms with Crippen LogP contribution in [0.5, 0.6) is 0 Å². The monoisotopic (exact) mass is 454 g/mol. The molecular formula is C20H31ClN6O4. The van der Waals surface area contributed by atoms with E-state index in [0.717, 1.165) is 25.7 Å². The Bertz CT molecular complexity index is 824. The molecule has 0 bridgehead atoms. The van der Waals surface area contributed by atoms with E-state index in [2.05, 4.69) is 26.1 Å². The molecule has 1 aromatic heterocycles. The lowest BCUT2D eigenvalue weighted by atomic mass is 9.86. The van der Waals surface area contributed by atoms with Gasteiger partial charge in [-0.15, -0.1) is 0 Å². The molecule has 0 radical (unpaired) electrons. The van der Waals surface area contributed by atoms with Crippen LogP contribution in [0.3, 0.4) is 0 Å². The molecule has 172 valence electrons. The van der Waals surface area contributed by atoms with Gasteiger partial charge in [0, 0.05) is 31.6 Å². The van der Waals surface area contributed by atoms with Gasteiger partial charge in [-0.05, 0) is 45.4 Å². The molecule has 2 aliphatic rings. The molecule has 1 saturated heterocycles. The van der Waals surface area contributed by atoms with Crippen molar-refractivity contribution in [1.82, 2.24) is 26.1 Å². The second kappa shape index (κ2) is 10.7. The summed E-state index contributed by atoms with van der Waals surface area (Å²) in [6.45, 7) is 5.59. The topological polar surface area (TPSA) is 128 Å². The van der Waals surface area contributed by atoms with Gasteiger partial charge in [0.1, 0.15) is 11.1 Å². The molecule has 1 saturated carbocycles. The summed E-state index contributed by atoms with van der Waals surface area (Å²) in [5.74, 6) is 0.419. The van der Waals surface area contributed by atoms with Crippen molar-refractivity contribution < 1.29 is 14.3 Å². The minimum Gasteiger partial charge on any atom is -0.444 e. The van der Waals surface area contributed by atoms with Gasteiger partial charge in [-0.2, -0.15) is 5.10 Å². The molecule has 3 rings (SSSR count). The number of hydrogen-bond acceptors (Lipinski definition) is 6. The van der Waals surface area contributed by atoms with E-state index in [1.165, 1.54) is 6.20 Å². The zero-order valence-corrected chi connectivity index (χ0v) is 18.7. The number of aromatic nitrogens is 2. The number of nitrogens with zero attached hydrogens (tertiary/aromatic N) is 2. The number of carbonyl (C=O) groups is 2. The molecule has 2 fully saturated rings. The summed E-state index contributed by atoms with van der Waals surface area (Å²) in [6, 6.07) is 0.0561. The Labute approximate surface area is 186 Å². The van der Waals surface area contributed by atoms with Gasteiger partial charge in [0.25, 0.3) is 5.56 Å². The quantitative estimate of drug-likeness (QED) is 0.520. The Morgan fingerprint density at radius 3 is 2.74 bits per heavy atom. The van der Waals surface area contributed by atoms with Gasteiger partial charge in [-0.3, -0.25) is 4.79 Å². The van der Waals surface area contributed by atoms with E-state index in [1.54, 1.807) is 0 Å². The summed E-state index contributed by atoms with van der Waals surface area (Å²) in [5, 5.41) is 14.9. The summed E-state index contributed by atoms with van der Waals surface area (Å²) >= 11 is 6.06. The van der Waals surface area contributed by atoms with E-state index >= 15 is 0 Å². The first-order valence-electron chi connectivity index (χ1n) is 10.8. The van der Waals surface area contributed by atoms with Crippen molar-refractivity contribution in [2.75, 3.05) is 24.5 Å². The minimum absolute atomic E-state index is 0.0806. The maximum atomic E-state index is 12.3. The van der Waals surface area contributed by atoms with E-state index < -0.39 is 11.7 Å².